The lowest BCUT2D eigenvalue weighted by Crippen LogP contribution is -2.46. The molecule has 46 heavy (non-hydrogen) atoms. The van der Waals surface area contributed by atoms with Gasteiger partial charge in [-0.2, -0.15) is 17.8 Å². The van der Waals surface area contributed by atoms with Crippen LogP contribution in [0.5, 0.6) is 0 Å². The van der Waals surface area contributed by atoms with Crippen LogP contribution in [0, 0.1) is 0 Å². The van der Waals surface area contributed by atoms with Gasteiger partial charge in [0.15, 0.2) is 0 Å². The zero-order valence-electron chi connectivity index (χ0n) is 26.0. The van der Waals surface area contributed by atoms with Gasteiger partial charge in [0.05, 0.1) is 23.3 Å². The minimum Gasteiger partial charge on any atom is -0.449 e. The van der Waals surface area contributed by atoms with Gasteiger partial charge in [-0.25, -0.2) is 14.3 Å². The minimum atomic E-state index is -4.09. The summed E-state index contributed by atoms with van der Waals surface area (Å²) in [6.45, 7) is 5.92. The maximum absolute atomic E-state index is 13.1. The number of amides is 1. The molecular weight excluding hydrogens is 674 g/mol. The zero-order chi connectivity index (χ0) is 32.3. The Morgan fingerprint density at radius 2 is 1.83 bits per heavy atom. The van der Waals surface area contributed by atoms with Crippen molar-refractivity contribution in [2.45, 2.75) is 64.6 Å². The second kappa shape index (κ2) is 14.1. The quantitative estimate of drug-likeness (QED) is 0.213. The lowest BCUT2D eigenvalue weighted by Gasteiger charge is -2.32. The molecule has 14 heteroatoms. The molecule has 4 heterocycles. The molecule has 12 nitrogen and oxygen atoms in total. The van der Waals surface area contributed by atoms with Crippen LogP contribution >= 0.6 is 15.9 Å². The molecular formula is C32H40BrN7O5S. The van der Waals surface area contributed by atoms with Crippen molar-refractivity contribution in [3.63, 3.8) is 0 Å². The number of likely N-dealkylation sites (tertiary alicyclic amines) is 1. The van der Waals surface area contributed by atoms with Crippen LogP contribution in [0.2, 0.25) is 0 Å². The number of rotatable bonds is 11. The third-order valence-electron chi connectivity index (χ3n) is 8.89. The summed E-state index contributed by atoms with van der Waals surface area (Å²) in [4.78, 5) is 30.3. The van der Waals surface area contributed by atoms with Crippen molar-refractivity contribution in [3.05, 3.63) is 74.7 Å². The number of nitrogens with one attached hydrogen (secondary N) is 2. The standard InChI is InChI=1S/C32H40BrN7O5S/c1-2-3-21-45-32(42)36-46(43,44)38-20-15-28-26(22-38)30(23-9-11-24(33)12-10-23)35-39(28)17-6-16-37-18-13-25(14-19-37)40-29-8-5-4-7-27(29)34-31(40)41/h4-5,7-12,25H,2-3,6,13-22H2,1H3,(H,34,41)(H,36,42). The molecule has 2 aliphatic heterocycles. The van der Waals surface area contributed by atoms with Gasteiger partial charge in [-0.3, -0.25) is 9.25 Å². The van der Waals surface area contributed by atoms with E-state index in [0.29, 0.717) is 19.4 Å². The lowest BCUT2D eigenvalue weighted by molar-refractivity contribution is 0.150. The third kappa shape index (κ3) is 7.09. The van der Waals surface area contributed by atoms with Crippen LogP contribution in [0.4, 0.5) is 4.79 Å². The summed E-state index contributed by atoms with van der Waals surface area (Å²) >= 11 is 3.49. The molecule has 6 rings (SSSR count). The number of fused-ring (bicyclic) bond motifs is 2. The van der Waals surface area contributed by atoms with Crippen LogP contribution in [0.3, 0.4) is 0 Å². The number of H-pyrrole nitrogens is 1. The monoisotopic (exact) mass is 713 g/mol. The normalized spacial score (nSPS) is 16.5. The molecule has 4 aromatic rings. The number of hydrogen-bond acceptors (Lipinski definition) is 7. The number of hydrogen-bond donors (Lipinski definition) is 2. The van der Waals surface area contributed by atoms with Crippen LogP contribution in [-0.4, -0.2) is 75.8 Å². The number of carbonyl (C=O) groups is 1. The van der Waals surface area contributed by atoms with E-state index in [2.05, 4.69) is 30.5 Å². The summed E-state index contributed by atoms with van der Waals surface area (Å²) in [7, 11) is -4.09. The average Bonchev–Trinajstić information content (AvgIpc) is 3.58. The first-order valence-corrected chi connectivity index (χ1v) is 18.2. The number of imidazole rings is 1. The number of unbranched alkanes of at least 4 members (excludes halogenated alkanes) is 1. The maximum Gasteiger partial charge on any atom is 0.421 e. The van der Waals surface area contributed by atoms with E-state index in [-0.39, 0.29) is 31.4 Å². The van der Waals surface area contributed by atoms with Gasteiger partial charge in [-0.05, 0) is 56.5 Å². The highest BCUT2D eigenvalue weighted by Gasteiger charge is 2.33. The Labute approximate surface area is 277 Å². The Hall–Kier alpha value is -3.46. The van der Waals surface area contributed by atoms with E-state index in [4.69, 9.17) is 9.84 Å². The topological polar surface area (TPSA) is 135 Å². The summed E-state index contributed by atoms with van der Waals surface area (Å²) in [6.07, 6.45) is 3.74. The summed E-state index contributed by atoms with van der Waals surface area (Å²) in [5, 5.41) is 4.99. The van der Waals surface area contributed by atoms with E-state index in [1.807, 2.05) is 64.7 Å². The molecule has 0 bridgehead atoms. The van der Waals surface area contributed by atoms with E-state index in [1.54, 1.807) is 0 Å². The maximum atomic E-state index is 13.1. The molecule has 1 amide bonds. The fourth-order valence-corrected chi connectivity index (χ4v) is 7.78. The molecule has 0 saturated carbocycles. The molecule has 2 N–H and O–H groups in total. The van der Waals surface area contributed by atoms with Crippen molar-refractivity contribution < 1.29 is 17.9 Å². The molecule has 1 fully saturated rings. The number of aromatic amines is 1. The molecule has 2 aliphatic rings. The highest BCUT2D eigenvalue weighted by Crippen LogP contribution is 2.32. The SMILES string of the molecule is CCCCOC(=O)NS(=O)(=O)N1CCc2c(c(-c3ccc(Br)cc3)nn2CCCN2CCC(n3c(=O)[nH]c4ccccc43)CC2)C1. The van der Waals surface area contributed by atoms with Crippen LogP contribution < -0.4 is 10.4 Å². The first kappa shape index (κ1) is 32.5. The first-order chi connectivity index (χ1) is 22.2. The van der Waals surface area contributed by atoms with Gasteiger partial charge in [-0.15, -0.1) is 0 Å². The fourth-order valence-electron chi connectivity index (χ4n) is 6.49. The van der Waals surface area contributed by atoms with Gasteiger partial charge in [0, 0.05) is 66.5 Å². The number of aromatic nitrogens is 4. The van der Waals surface area contributed by atoms with Crippen molar-refractivity contribution in [1.29, 1.82) is 0 Å². The number of aryl methyl sites for hydroxylation is 1. The number of ether oxygens (including phenoxy) is 1. The largest absolute Gasteiger partial charge is 0.449 e. The highest BCUT2D eigenvalue weighted by atomic mass is 79.9. The minimum absolute atomic E-state index is 0.0428. The van der Waals surface area contributed by atoms with Gasteiger partial charge in [0.1, 0.15) is 0 Å². The van der Waals surface area contributed by atoms with Crippen molar-refractivity contribution in [1.82, 2.24) is 33.3 Å². The van der Waals surface area contributed by atoms with Gasteiger partial charge in [0.2, 0.25) is 0 Å². The third-order valence-corrected chi connectivity index (χ3v) is 10.8. The number of piperidine rings is 1. The predicted molar refractivity (Wildman–Crippen MR) is 180 cm³/mol. The van der Waals surface area contributed by atoms with Crippen molar-refractivity contribution in [2.24, 2.45) is 0 Å². The average molecular weight is 715 g/mol. The van der Waals surface area contributed by atoms with Gasteiger partial charge in [0.25, 0.3) is 0 Å². The number of carbonyl (C=O) groups excluding carboxylic acids is 1. The van der Waals surface area contributed by atoms with E-state index >= 15 is 0 Å². The summed E-state index contributed by atoms with van der Waals surface area (Å²) in [5.74, 6) is 0. The van der Waals surface area contributed by atoms with Gasteiger partial charge < -0.3 is 14.6 Å². The van der Waals surface area contributed by atoms with Crippen molar-refractivity contribution in [3.8, 4) is 11.3 Å². The summed E-state index contributed by atoms with van der Waals surface area (Å²) in [5.41, 5.74) is 5.32. The molecule has 246 valence electrons. The zero-order valence-corrected chi connectivity index (χ0v) is 28.4. The van der Waals surface area contributed by atoms with Gasteiger partial charge in [-0.1, -0.05) is 53.5 Å². The van der Waals surface area contributed by atoms with Gasteiger partial charge >= 0.3 is 22.0 Å². The molecule has 0 spiro atoms. The van der Waals surface area contributed by atoms with E-state index in [9.17, 15) is 18.0 Å². The van der Waals surface area contributed by atoms with Crippen molar-refractivity contribution >= 4 is 43.3 Å². The predicted octanol–water partition coefficient (Wildman–Crippen LogP) is 4.81. The molecule has 0 atom stereocenters. The molecule has 1 saturated heterocycles. The Bertz CT molecular complexity index is 1840. The first-order valence-electron chi connectivity index (χ1n) is 15.9. The van der Waals surface area contributed by atoms with Crippen LogP contribution in [-0.2, 0) is 34.5 Å². The van der Waals surface area contributed by atoms with Crippen LogP contribution in [0.15, 0.2) is 57.8 Å². The number of nitrogens with zero attached hydrogens (tertiary/aromatic N) is 5. The lowest BCUT2D eigenvalue weighted by atomic mass is 10.0. The highest BCUT2D eigenvalue weighted by molar-refractivity contribution is 9.10. The Balaban J connectivity index is 1.11. The smallest absolute Gasteiger partial charge is 0.421 e. The molecule has 2 aromatic heterocycles. The van der Waals surface area contributed by atoms with Crippen LogP contribution in [0.1, 0.15) is 56.3 Å². The van der Waals surface area contributed by atoms with E-state index < -0.39 is 16.3 Å². The Kier molecular flexibility index (Phi) is 9.97. The fraction of sp³-hybridized carbons (Fsp3) is 0.469. The van der Waals surface area contributed by atoms with E-state index in [0.717, 1.165) is 83.3 Å². The number of para-hydroxylation sites is 2. The van der Waals surface area contributed by atoms with E-state index in [1.165, 1.54) is 4.31 Å². The Morgan fingerprint density at radius 1 is 1.07 bits per heavy atom. The number of benzene rings is 2. The molecule has 2 aromatic carbocycles. The summed E-state index contributed by atoms with van der Waals surface area (Å²) in [6, 6.07) is 15.9. The number of halogens is 1. The van der Waals surface area contributed by atoms with Crippen LogP contribution in [0.25, 0.3) is 22.3 Å². The second-order valence-electron chi connectivity index (χ2n) is 11.9. The molecule has 0 aliphatic carbocycles. The molecule has 0 unspecified atom stereocenters. The summed E-state index contributed by atoms with van der Waals surface area (Å²) < 4.78 is 39.5. The molecule has 0 radical (unpaired) electrons. The van der Waals surface area contributed by atoms with Crippen molar-refractivity contribution in [2.75, 3.05) is 32.8 Å². The Morgan fingerprint density at radius 3 is 2.59 bits per heavy atom. The second-order valence-corrected chi connectivity index (χ2v) is 14.5.